The SMILES string of the molecule is C=CC1(C(=O)O)CS[C@@H]2C(NC(=O)C(=NO)c3csc(N)n3)C(=O)N2C1.O.O.O. The van der Waals surface area contributed by atoms with Crippen LogP contribution in [0.3, 0.4) is 0 Å². The van der Waals surface area contributed by atoms with E-state index in [-0.39, 0.29) is 50.6 Å². The summed E-state index contributed by atoms with van der Waals surface area (Å²) in [6.45, 7) is 3.56. The molecule has 2 fully saturated rings. The molecule has 0 aliphatic carbocycles. The Morgan fingerprint density at radius 3 is 2.59 bits per heavy atom. The van der Waals surface area contributed by atoms with E-state index >= 15 is 0 Å². The third kappa shape index (κ3) is 4.33. The number of nitrogen functional groups attached to an aromatic ring is 1. The zero-order valence-electron chi connectivity index (χ0n) is 14.8. The predicted molar refractivity (Wildman–Crippen MR) is 106 cm³/mol. The van der Waals surface area contributed by atoms with Crippen molar-refractivity contribution in [2.75, 3.05) is 18.0 Å². The maximum Gasteiger partial charge on any atom is 0.316 e. The number of nitrogens with two attached hydrogens (primary N) is 1. The number of rotatable bonds is 5. The summed E-state index contributed by atoms with van der Waals surface area (Å²) in [5.41, 5.74) is 4.04. The summed E-state index contributed by atoms with van der Waals surface area (Å²) in [6.07, 6.45) is 1.33. The Hall–Kier alpha value is -2.72. The number of nitrogens with zero attached hydrogens (tertiary/aromatic N) is 3. The molecule has 1 aromatic heterocycles. The summed E-state index contributed by atoms with van der Waals surface area (Å²) in [7, 11) is 0. The van der Waals surface area contributed by atoms with Crippen LogP contribution in [0.2, 0.25) is 0 Å². The number of oxime groups is 1. The lowest BCUT2D eigenvalue weighted by molar-refractivity contribution is -0.156. The fourth-order valence-electron chi connectivity index (χ4n) is 2.75. The smallest absolute Gasteiger partial charge is 0.316 e. The molecule has 13 nitrogen and oxygen atoms in total. The number of amides is 2. The monoisotopic (exact) mass is 451 g/mol. The summed E-state index contributed by atoms with van der Waals surface area (Å²) in [6, 6.07) is -0.836. The third-order valence-corrected chi connectivity index (χ3v) is 6.51. The van der Waals surface area contributed by atoms with E-state index in [0.29, 0.717) is 0 Å². The van der Waals surface area contributed by atoms with E-state index in [4.69, 9.17) is 10.9 Å². The maximum absolute atomic E-state index is 12.3. The second-order valence-electron chi connectivity index (χ2n) is 5.80. The maximum atomic E-state index is 12.3. The van der Waals surface area contributed by atoms with E-state index < -0.39 is 29.2 Å². The van der Waals surface area contributed by atoms with Crippen molar-refractivity contribution in [2.24, 2.45) is 10.6 Å². The molecule has 2 unspecified atom stereocenters. The Labute approximate surface area is 172 Å². The lowest BCUT2D eigenvalue weighted by Crippen LogP contribution is -2.73. The summed E-state index contributed by atoms with van der Waals surface area (Å²) in [5, 5.41) is 25.2. The first kappa shape index (κ1) is 26.3. The van der Waals surface area contributed by atoms with Crippen LogP contribution in [0.4, 0.5) is 5.13 Å². The fraction of sp³-hybridized carbons (Fsp3) is 0.357. The second kappa shape index (κ2) is 9.66. The van der Waals surface area contributed by atoms with Gasteiger partial charge < -0.3 is 42.7 Å². The third-order valence-electron chi connectivity index (χ3n) is 4.29. The van der Waals surface area contributed by atoms with Crippen molar-refractivity contribution in [3.05, 3.63) is 23.7 Å². The van der Waals surface area contributed by atoms with Crippen LogP contribution in [0.5, 0.6) is 0 Å². The normalized spacial score (nSPS) is 25.2. The largest absolute Gasteiger partial charge is 0.481 e. The predicted octanol–water partition coefficient (Wildman–Crippen LogP) is -2.91. The molecule has 29 heavy (non-hydrogen) atoms. The van der Waals surface area contributed by atoms with E-state index in [1.807, 2.05) is 0 Å². The van der Waals surface area contributed by atoms with Crippen LogP contribution in [-0.2, 0) is 14.4 Å². The highest BCUT2D eigenvalue weighted by molar-refractivity contribution is 8.00. The number of β-lactam (4-membered cyclic amide) rings is 1. The van der Waals surface area contributed by atoms with Crippen LogP contribution in [0.15, 0.2) is 23.2 Å². The van der Waals surface area contributed by atoms with E-state index in [2.05, 4.69) is 22.0 Å². The molecule has 15 heteroatoms. The Morgan fingerprint density at radius 2 is 2.10 bits per heavy atom. The van der Waals surface area contributed by atoms with Crippen molar-refractivity contribution in [1.29, 1.82) is 0 Å². The van der Waals surface area contributed by atoms with Crippen molar-refractivity contribution in [1.82, 2.24) is 15.2 Å². The number of nitrogens with one attached hydrogen (secondary N) is 1. The number of hydrogen-bond donors (Lipinski definition) is 4. The second-order valence-corrected chi connectivity index (χ2v) is 7.80. The molecule has 0 aromatic carbocycles. The number of thioether (sulfide) groups is 1. The van der Waals surface area contributed by atoms with Gasteiger partial charge in [-0.2, -0.15) is 0 Å². The Bertz CT molecular complexity index is 831. The molecule has 1 aromatic rings. The number of carboxylic acid groups (broad SMARTS) is 1. The molecule has 2 amide bonds. The van der Waals surface area contributed by atoms with Gasteiger partial charge in [-0.25, -0.2) is 4.98 Å². The van der Waals surface area contributed by atoms with Gasteiger partial charge in [0, 0.05) is 17.7 Å². The molecule has 0 radical (unpaired) electrons. The molecule has 0 saturated carbocycles. The van der Waals surface area contributed by atoms with Gasteiger partial charge in [-0.15, -0.1) is 29.7 Å². The Morgan fingerprint density at radius 1 is 1.45 bits per heavy atom. The van der Waals surface area contributed by atoms with E-state index in [9.17, 15) is 19.5 Å². The van der Waals surface area contributed by atoms with Crippen LogP contribution in [0, 0.1) is 5.41 Å². The molecule has 2 saturated heterocycles. The number of anilines is 1. The van der Waals surface area contributed by atoms with E-state index in [1.165, 1.54) is 28.1 Å². The number of aliphatic carboxylic acids is 1. The van der Waals surface area contributed by atoms with E-state index in [0.717, 1.165) is 11.3 Å². The quantitative estimate of drug-likeness (QED) is 0.118. The molecular formula is C14H21N5O8S2. The van der Waals surface area contributed by atoms with Crippen molar-refractivity contribution >= 4 is 51.7 Å². The molecular weight excluding hydrogens is 430 g/mol. The molecule has 162 valence electrons. The number of carboxylic acids is 1. The average molecular weight is 451 g/mol. The summed E-state index contributed by atoms with van der Waals surface area (Å²) in [4.78, 5) is 41.4. The first-order valence-corrected chi connectivity index (χ1v) is 9.29. The Balaban J connectivity index is 0.00000261. The van der Waals surface area contributed by atoms with Crippen LogP contribution in [0.25, 0.3) is 0 Å². The van der Waals surface area contributed by atoms with Crippen molar-refractivity contribution in [3.8, 4) is 0 Å². The van der Waals surface area contributed by atoms with Gasteiger partial charge >= 0.3 is 5.97 Å². The van der Waals surface area contributed by atoms with Crippen molar-refractivity contribution in [2.45, 2.75) is 11.4 Å². The average Bonchev–Trinajstić information content (AvgIpc) is 3.05. The minimum atomic E-state index is -1.21. The molecule has 3 rings (SSSR count). The number of aromatic nitrogens is 1. The highest BCUT2D eigenvalue weighted by Gasteiger charge is 2.56. The zero-order valence-corrected chi connectivity index (χ0v) is 16.4. The highest BCUT2D eigenvalue weighted by Crippen LogP contribution is 2.42. The van der Waals surface area contributed by atoms with Gasteiger partial charge in [-0.3, -0.25) is 14.4 Å². The Kier molecular flexibility index (Phi) is 8.75. The zero-order chi connectivity index (χ0) is 19.1. The first-order valence-electron chi connectivity index (χ1n) is 7.36. The van der Waals surface area contributed by atoms with Crippen LogP contribution < -0.4 is 11.1 Å². The van der Waals surface area contributed by atoms with Gasteiger partial charge in [0.25, 0.3) is 5.91 Å². The molecule has 11 N–H and O–H groups in total. The minimum absolute atomic E-state index is 0. The number of thiazole rings is 1. The molecule has 2 aliphatic rings. The van der Waals surface area contributed by atoms with Gasteiger partial charge in [-0.05, 0) is 0 Å². The van der Waals surface area contributed by atoms with Crippen molar-refractivity contribution < 1.29 is 41.1 Å². The molecule has 3 atom stereocenters. The molecule has 0 bridgehead atoms. The summed E-state index contributed by atoms with van der Waals surface area (Å²) >= 11 is 2.33. The first-order chi connectivity index (χ1) is 12.3. The van der Waals surface area contributed by atoms with Gasteiger partial charge in [0.15, 0.2) is 10.8 Å². The summed E-state index contributed by atoms with van der Waals surface area (Å²) < 4.78 is 0. The summed E-state index contributed by atoms with van der Waals surface area (Å²) in [5.74, 6) is -1.99. The number of carbonyl (C=O) groups is 3. The molecule has 3 heterocycles. The van der Waals surface area contributed by atoms with E-state index in [1.54, 1.807) is 0 Å². The van der Waals surface area contributed by atoms with Gasteiger partial charge in [-0.1, -0.05) is 11.2 Å². The number of carbonyl (C=O) groups excluding carboxylic acids is 2. The van der Waals surface area contributed by atoms with Crippen LogP contribution in [0.1, 0.15) is 5.69 Å². The van der Waals surface area contributed by atoms with Crippen molar-refractivity contribution in [3.63, 3.8) is 0 Å². The fourth-order valence-corrected chi connectivity index (χ4v) is 4.84. The lowest BCUT2D eigenvalue weighted by Gasteiger charge is -2.53. The van der Waals surface area contributed by atoms with Gasteiger partial charge in [0.1, 0.15) is 22.5 Å². The topological polar surface area (TPSA) is 253 Å². The van der Waals surface area contributed by atoms with Crippen LogP contribution in [-0.4, -0.2) is 83.8 Å². The lowest BCUT2D eigenvalue weighted by atomic mass is 9.87. The molecule has 0 spiro atoms. The highest BCUT2D eigenvalue weighted by atomic mass is 32.2. The van der Waals surface area contributed by atoms with Gasteiger partial charge in [0.05, 0.1) is 0 Å². The minimum Gasteiger partial charge on any atom is -0.481 e. The molecule has 2 aliphatic heterocycles. The number of hydrogen-bond acceptors (Lipinski definition) is 9. The standard InChI is InChI=1S/C14H15N5O5S2.3H2O/c1-2-14(12(22)23)4-19-10(21)8(11(19)26-5-14)17-9(20)7(18-24)6-3-25-13(15)16-6;;;/h2-3,8,11,24H,1,4-5H2,(H2,15,16)(H,17,20)(H,22,23);3*1H2/t8?,11-,14?;;;/m1.../s1. The van der Waals surface area contributed by atoms with Gasteiger partial charge in [0.2, 0.25) is 5.91 Å². The number of fused-ring (bicyclic) bond motifs is 1. The van der Waals surface area contributed by atoms with Crippen LogP contribution >= 0.6 is 23.1 Å².